The Kier molecular flexibility index (Phi) is 7.30. The van der Waals surface area contributed by atoms with Crippen LogP contribution in [0.25, 0.3) is 6.08 Å². The molecule has 1 N–H and O–H groups in total. The Morgan fingerprint density at radius 1 is 1.22 bits per heavy atom. The van der Waals surface area contributed by atoms with E-state index >= 15 is 0 Å². The fourth-order valence-corrected chi connectivity index (χ4v) is 3.06. The molecule has 1 heterocycles. The van der Waals surface area contributed by atoms with Crippen LogP contribution in [0.15, 0.2) is 36.4 Å². The Labute approximate surface area is 140 Å². The Morgan fingerprint density at radius 2 is 1.87 bits per heavy atom. The van der Waals surface area contributed by atoms with Crippen LogP contribution in [0.2, 0.25) is 0 Å². The molecule has 2 rings (SSSR count). The monoisotopic (exact) mass is 315 g/mol. The lowest BCUT2D eigenvalue weighted by atomic mass is 10.1. The fourth-order valence-electron chi connectivity index (χ4n) is 3.06. The third-order valence-electron chi connectivity index (χ3n) is 4.44. The first kappa shape index (κ1) is 17.7. The summed E-state index contributed by atoms with van der Waals surface area (Å²) < 4.78 is 0. The van der Waals surface area contributed by atoms with Crippen LogP contribution in [0, 0.1) is 0 Å². The van der Waals surface area contributed by atoms with Gasteiger partial charge in [-0.2, -0.15) is 0 Å². The number of likely N-dealkylation sites (N-methyl/N-ethyl adjacent to an activating group) is 1. The zero-order chi connectivity index (χ0) is 16.5. The molecule has 23 heavy (non-hydrogen) atoms. The summed E-state index contributed by atoms with van der Waals surface area (Å²) in [6.07, 6.45) is 5.01. The topological polar surface area (TPSA) is 35.6 Å². The summed E-state index contributed by atoms with van der Waals surface area (Å²) in [4.78, 5) is 17.2. The second-order valence-corrected chi connectivity index (χ2v) is 5.86. The predicted molar refractivity (Wildman–Crippen MR) is 96.3 cm³/mol. The first-order valence-corrected chi connectivity index (χ1v) is 8.71. The lowest BCUT2D eigenvalue weighted by Crippen LogP contribution is -2.54. The van der Waals surface area contributed by atoms with E-state index in [-0.39, 0.29) is 11.9 Å². The van der Waals surface area contributed by atoms with Gasteiger partial charge in [-0.05, 0) is 25.1 Å². The van der Waals surface area contributed by atoms with Gasteiger partial charge in [0.05, 0.1) is 6.04 Å². The molecule has 1 aromatic rings. The number of hydrogen-bond donors (Lipinski definition) is 1. The van der Waals surface area contributed by atoms with Crippen LogP contribution in [-0.2, 0) is 4.79 Å². The number of carbonyl (C=O) groups excluding carboxylic acids is 1. The van der Waals surface area contributed by atoms with Gasteiger partial charge in [0.2, 0.25) is 5.91 Å². The van der Waals surface area contributed by atoms with Gasteiger partial charge in [-0.3, -0.25) is 9.69 Å². The van der Waals surface area contributed by atoms with Crippen molar-refractivity contribution in [3.63, 3.8) is 0 Å². The molecule has 0 spiro atoms. The summed E-state index contributed by atoms with van der Waals surface area (Å²) in [5.74, 6) is 0.271. The van der Waals surface area contributed by atoms with Crippen molar-refractivity contribution in [1.82, 2.24) is 15.1 Å². The number of piperazine rings is 1. The average Bonchev–Trinajstić information content (AvgIpc) is 2.62. The molecule has 1 unspecified atom stereocenters. The third kappa shape index (κ3) is 5.19. The highest BCUT2D eigenvalue weighted by Crippen LogP contribution is 2.12. The van der Waals surface area contributed by atoms with Gasteiger partial charge >= 0.3 is 0 Å². The third-order valence-corrected chi connectivity index (χ3v) is 4.44. The molecule has 126 valence electrons. The molecule has 1 amide bonds. The minimum atomic E-state index is -0.0527. The maximum absolute atomic E-state index is 12.9. The van der Waals surface area contributed by atoms with Gasteiger partial charge in [0.15, 0.2) is 0 Å². The summed E-state index contributed by atoms with van der Waals surface area (Å²) in [6, 6.07) is 10.2. The van der Waals surface area contributed by atoms with Crippen molar-refractivity contribution in [3.8, 4) is 0 Å². The molecule has 0 saturated carbocycles. The summed E-state index contributed by atoms with van der Waals surface area (Å²) in [5.41, 5.74) is 1.18. The highest BCUT2D eigenvalue weighted by molar-refractivity contribution is 5.82. The number of nitrogens with zero attached hydrogens (tertiary/aromatic N) is 2. The van der Waals surface area contributed by atoms with E-state index in [2.05, 4.69) is 48.3 Å². The number of benzene rings is 1. The lowest BCUT2D eigenvalue weighted by molar-refractivity contribution is -0.137. The SMILES string of the molecule is CCN(CC)C(C/C=C\c1ccccc1)C(=O)N1CCNCC1. The van der Waals surface area contributed by atoms with Crippen LogP contribution in [0.1, 0.15) is 25.8 Å². The van der Waals surface area contributed by atoms with E-state index in [1.54, 1.807) is 0 Å². The van der Waals surface area contributed by atoms with Crippen molar-refractivity contribution in [1.29, 1.82) is 0 Å². The quantitative estimate of drug-likeness (QED) is 0.838. The van der Waals surface area contributed by atoms with E-state index in [0.29, 0.717) is 0 Å². The highest BCUT2D eigenvalue weighted by atomic mass is 16.2. The van der Waals surface area contributed by atoms with Gasteiger partial charge in [0.1, 0.15) is 0 Å². The second-order valence-electron chi connectivity index (χ2n) is 5.86. The Balaban J connectivity index is 2.04. The van der Waals surface area contributed by atoms with Gasteiger partial charge in [-0.1, -0.05) is 56.3 Å². The van der Waals surface area contributed by atoms with Gasteiger partial charge in [-0.25, -0.2) is 0 Å². The molecular weight excluding hydrogens is 286 g/mol. The number of hydrogen-bond acceptors (Lipinski definition) is 3. The smallest absolute Gasteiger partial charge is 0.240 e. The van der Waals surface area contributed by atoms with Crippen LogP contribution in [0.4, 0.5) is 0 Å². The first-order valence-electron chi connectivity index (χ1n) is 8.71. The zero-order valence-electron chi connectivity index (χ0n) is 14.4. The van der Waals surface area contributed by atoms with Gasteiger partial charge in [-0.15, -0.1) is 0 Å². The van der Waals surface area contributed by atoms with Crippen LogP contribution in [-0.4, -0.2) is 61.0 Å². The predicted octanol–water partition coefficient (Wildman–Crippen LogP) is 2.23. The minimum absolute atomic E-state index is 0.0527. The van der Waals surface area contributed by atoms with Crippen LogP contribution >= 0.6 is 0 Å². The van der Waals surface area contributed by atoms with Crippen molar-refractivity contribution in [2.45, 2.75) is 26.3 Å². The molecule has 1 saturated heterocycles. The number of amides is 1. The van der Waals surface area contributed by atoms with E-state index < -0.39 is 0 Å². The van der Waals surface area contributed by atoms with Crippen molar-refractivity contribution in [2.75, 3.05) is 39.3 Å². The van der Waals surface area contributed by atoms with Crippen LogP contribution < -0.4 is 5.32 Å². The van der Waals surface area contributed by atoms with Crippen molar-refractivity contribution >= 4 is 12.0 Å². The second kappa shape index (κ2) is 9.48. The molecule has 0 bridgehead atoms. The normalized spacial score (nSPS) is 16.9. The molecule has 0 radical (unpaired) electrons. The van der Waals surface area contributed by atoms with Crippen LogP contribution in [0.5, 0.6) is 0 Å². The minimum Gasteiger partial charge on any atom is -0.339 e. The molecular formula is C19H29N3O. The summed E-state index contributed by atoms with van der Waals surface area (Å²) in [6.45, 7) is 9.49. The zero-order valence-corrected chi connectivity index (χ0v) is 14.4. The van der Waals surface area contributed by atoms with Gasteiger partial charge in [0, 0.05) is 26.2 Å². The number of nitrogens with one attached hydrogen (secondary N) is 1. The van der Waals surface area contributed by atoms with E-state index in [1.165, 1.54) is 5.56 Å². The molecule has 4 heteroatoms. The largest absolute Gasteiger partial charge is 0.339 e. The van der Waals surface area contributed by atoms with E-state index in [0.717, 1.165) is 45.7 Å². The van der Waals surface area contributed by atoms with E-state index in [9.17, 15) is 4.79 Å². The standard InChI is InChI=1S/C19H29N3O/c1-3-21(4-2)18(19(23)22-15-13-20-14-16-22)12-8-11-17-9-6-5-7-10-17/h5-11,18,20H,3-4,12-16H2,1-2H3/b11-8-. The van der Waals surface area contributed by atoms with Gasteiger partial charge in [0.25, 0.3) is 0 Å². The first-order chi connectivity index (χ1) is 11.3. The summed E-state index contributed by atoms with van der Waals surface area (Å²) in [7, 11) is 0. The summed E-state index contributed by atoms with van der Waals surface area (Å²) in [5, 5.41) is 3.31. The van der Waals surface area contributed by atoms with Crippen molar-refractivity contribution in [3.05, 3.63) is 42.0 Å². The highest BCUT2D eigenvalue weighted by Gasteiger charge is 2.28. The lowest BCUT2D eigenvalue weighted by Gasteiger charge is -2.35. The molecule has 0 aromatic heterocycles. The maximum Gasteiger partial charge on any atom is 0.240 e. The number of rotatable bonds is 7. The number of carbonyl (C=O) groups is 1. The molecule has 0 aliphatic carbocycles. The maximum atomic E-state index is 12.9. The molecule has 1 aromatic carbocycles. The Hall–Kier alpha value is -1.65. The van der Waals surface area contributed by atoms with E-state index in [1.807, 2.05) is 23.1 Å². The molecule has 1 aliphatic heterocycles. The Bertz CT molecular complexity index is 491. The van der Waals surface area contributed by atoms with Crippen molar-refractivity contribution < 1.29 is 4.79 Å². The average molecular weight is 315 g/mol. The van der Waals surface area contributed by atoms with Gasteiger partial charge < -0.3 is 10.2 Å². The van der Waals surface area contributed by atoms with Crippen molar-refractivity contribution in [2.24, 2.45) is 0 Å². The molecule has 4 nitrogen and oxygen atoms in total. The van der Waals surface area contributed by atoms with E-state index in [4.69, 9.17) is 0 Å². The van der Waals surface area contributed by atoms with Crippen LogP contribution in [0.3, 0.4) is 0 Å². The Morgan fingerprint density at radius 3 is 2.48 bits per heavy atom. The molecule has 1 aliphatic rings. The molecule has 1 atom stereocenters. The summed E-state index contributed by atoms with van der Waals surface area (Å²) >= 11 is 0. The fraction of sp³-hybridized carbons (Fsp3) is 0.526. The molecule has 1 fully saturated rings.